The van der Waals surface area contributed by atoms with Crippen LogP contribution in [0, 0.1) is 0 Å². The van der Waals surface area contributed by atoms with Crippen LogP contribution in [0.5, 0.6) is 0 Å². The molecule has 21 heavy (non-hydrogen) atoms. The van der Waals surface area contributed by atoms with Crippen LogP contribution in [-0.2, 0) is 9.53 Å². The van der Waals surface area contributed by atoms with Crippen molar-refractivity contribution in [3.05, 3.63) is 30.1 Å². The molecule has 2 rings (SSSR count). The Morgan fingerprint density at radius 2 is 2.14 bits per heavy atom. The second-order valence-corrected chi connectivity index (χ2v) is 5.09. The Kier molecular flexibility index (Phi) is 5.68. The number of nitrogens with zero attached hydrogens (tertiary/aromatic N) is 2. The molecule has 1 aliphatic heterocycles. The summed E-state index contributed by atoms with van der Waals surface area (Å²) in [5.74, 6) is -0.0360. The van der Waals surface area contributed by atoms with Gasteiger partial charge in [0, 0.05) is 38.9 Å². The Hall–Kier alpha value is -1.95. The zero-order valence-corrected chi connectivity index (χ0v) is 12.2. The van der Waals surface area contributed by atoms with Gasteiger partial charge in [-0.2, -0.15) is 0 Å². The standard InChI is InChI=1S/C15H21N3O3/c1-21-11-7-14(19)17-12-5-9-18(10-6-12)15(20)13-4-2-3-8-16-13/h2-4,8,12H,5-7,9-11H2,1H3,(H,17,19). The molecule has 1 aromatic rings. The monoisotopic (exact) mass is 291 g/mol. The fraction of sp³-hybridized carbons (Fsp3) is 0.533. The minimum absolute atomic E-state index is 0.00588. The number of hydrogen-bond donors (Lipinski definition) is 1. The Morgan fingerprint density at radius 1 is 1.38 bits per heavy atom. The molecule has 0 aromatic carbocycles. The first-order valence-corrected chi connectivity index (χ1v) is 7.19. The number of nitrogens with one attached hydrogen (secondary N) is 1. The lowest BCUT2D eigenvalue weighted by Crippen LogP contribution is -2.46. The maximum Gasteiger partial charge on any atom is 0.272 e. The van der Waals surface area contributed by atoms with Crippen LogP contribution in [0.25, 0.3) is 0 Å². The topological polar surface area (TPSA) is 71.5 Å². The summed E-state index contributed by atoms with van der Waals surface area (Å²) in [6.45, 7) is 1.72. The third-order valence-electron chi connectivity index (χ3n) is 3.56. The van der Waals surface area contributed by atoms with E-state index in [1.54, 1.807) is 30.3 Å². The van der Waals surface area contributed by atoms with E-state index in [1.165, 1.54) is 0 Å². The molecule has 0 atom stereocenters. The fourth-order valence-corrected chi connectivity index (χ4v) is 2.37. The van der Waals surface area contributed by atoms with Gasteiger partial charge >= 0.3 is 0 Å². The highest BCUT2D eigenvalue weighted by Gasteiger charge is 2.24. The highest BCUT2D eigenvalue weighted by Crippen LogP contribution is 2.13. The van der Waals surface area contributed by atoms with E-state index in [9.17, 15) is 9.59 Å². The Bertz CT molecular complexity index is 470. The number of aromatic nitrogens is 1. The molecule has 1 aromatic heterocycles. The Balaban J connectivity index is 1.78. The number of amides is 2. The van der Waals surface area contributed by atoms with Crippen molar-refractivity contribution in [2.75, 3.05) is 26.8 Å². The lowest BCUT2D eigenvalue weighted by Gasteiger charge is -2.32. The lowest BCUT2D eigenvalue weighted by molar-refractivity contribution is -0.122. The van der Waals surface area contributed by atoms with E-state index in [4.69, 9.17) is 4.74 Å². The van der Waals surface area contributed by atoms with E-state index >= 15 is 0 Å². The Labute approximate surface area is 124 Å². The van der Waals surface area contributed by atoms with E-state index < -0.39 is 0 Å². The van der Waals surface area contributed by atoms with Gasteiger partial charge in [-0.3, -0.25) is 14.6 Å². The van der Waals surface area contributed by atoms with Crippen molar-refractivity contribution >= 4 is 11.8 Å². The lowest BCUT2D eigenvalue weighted by atomic mass is 10.0. The summed E-state index contributed by atoms with van der Waals surface area (Å²) in [4.78, 5) is 29.7. The maximum absolute atomic E-state index is 12.2. The second-order valence-electron chi connectivity index (χ2n) is 5.09. The first-order chi connectivity index (χ1) is 10.2. The largest absolute Gasteiger partial charge is 0.384 e. The van der Waals surface area contributed by atoms with E-state index in [0.29, 0.717) is 31.8 Å². The quantitative estimate of drug-likeness (QED) is 0.872. The van der Waals surface area contributed by atoms with Gasteiger partial charge in [-0.15, -0.1) is 0 Å². The number of piperidine rings is 1. The Morgan fingerprint density at radius 3 is 2.76 bits per heavy atom. The summed E-state index contributed by atoms with van der Waals surface area (Å²) in [6.07, 6.45) is 3.55. The molecule has 0 spiro atoms. The molecule has 1 fully saturated rings. The molecular formula is C15H21N3O3. The minimum Gasteiger partial charge on any atom is -0.384 e. The molecule has 1 aliphatic rings. The summed E-state index contributed by atoms with van der Waals surface area (Å²) in [5, 5.41) is 2.98. The van der Waals surface area contributed by atoms with Crippen LogP contribution in [0.3, 0.4) is 0 Å². The molecule has 6 nitrogen and oxygen atoms in total. The number of carbonyl (C=O) groups excluding carboxylic acids is 2. The highest BCUT2D eigenvalue weighted by molar-refractivity contribution is 5.92. The predicted molar refractivity (Wildman–Crippen MR) is 77.8 cm³/mol. The van der Waals surface area contributed by atoms with Gasteiger partial charge in [0.15, 0.2) is 0 Å². The van der Waals surface area contributed by atoms with E-state index in [0.717, 1.165) is 12.8 Å². The normalized spacial score (nSPS) is 15.8. The molecule has 0 saturated carbocycles. The van der Waals surface area contributed by atoms with E-state index in [-0.39, 0.29) is 17.9 Å². The summed E-state index contributed by atoms with van der Waals surface area (Å²) < 4.78 is 4.88. The van der Waals surface area contributed by atoms with Crippen molar-refractivity contribution in [1.29, 1.82) is 0 Å². The molecule has 0 radical (unpaired) electrons. The first kappa shape index (κ1) is 15.4. The number of rotatable bonds is 5. The van der Waals surface area contributed by atoms with Gasteiger partial charge in [0.1, 0.15) is 5.69 Å². The fourth-order valence-electron chi connectivity index (χ4n) is 2.37. The van der Waals surface area contributed by atoms with Crippen LogP contribution in [0.1, 0.15) is 29.8 Å². The van der Waals surface area contributed by atoms with Crippen LogP contribution < -0.4 is 5.32 Å². The second kappa shape index (κ2) is 7.73. The zero-order chi connectivity index (χ0) is 15.1. The molecule has 0 aliphatic carbocycles. The van der Waals surface area contributed by atoms with Gasteiger partial charge in [-0.25, -0.2) is 0 Å². The van der Waals surface area contributed by atoms with Crippen molar-refractivity contribution in [3.63, 3.8) is 0 Å². The van der Waals surface area contributed by atoms with Gasteiger partial charge in [-0.05, 0) is 25.0 Å². The van der Waals surface area contributed by atoms with Gasteiger partial charge in [0.2, 0.25) is 5.91 Å². The van der Waals surface area contributed by atoms with Crippen molar-refractivity contribution in [2.45, 2.75) is 25.3 Å². The summed E-state index contributed by atoms with van der Waals surface area (Å²) >= 11 is 0. The van der Waals surface area contributed by atoms with Crippen molar-refractivity contribution in [1.82, 2.24) is 15.2 Å². The number of ether oxygens (including phenoxy) is 1. The van der Waals surface area contributed by atoms with Gasteiger partial charge in [0.05, 0.1) is 6.61 Å². The van der Waals surface area contributed by atoms with E-state index in [2.05, 4.69) is 10.3 Å². The molecular weight excluding hydrogens is 270 g/mol. The third-order valence-corrected chi connectivity index (χ3v) is 3.56. The molecule has 2 amide bonds. The number of carbonyl (C=O) groups is 2. The average molecular weight is 291 g/mol. The molecule has 0 bridgehead atoms. The molecule has 1 N–H and O–H groups in total. The predicted octanol–water partition coefficient (Wildman–Crippen LogP) is 0.839. The molecule has 1 saturated heterocycles. The van der Waals surface area contributed by atoms with Crippen LogP contribution >= 0.6 is 0 Å². The molecule has 6 heteroatoms. The number of hydrogen-bond acceptors (Lipinski definition) is 4. The van der Waals surface area contributed by atoms with E-state index in [1.807, 2.05) is 6.07 Å². The minimum atomic E-state index is -0.0419. The average Bonchev–Trinajstić information content (AvgIpc) is 2.54. The smallest absolute Gasteiger partial charge is 0.272 e. The van der Waals surface area contributed by atoms with Crippen LogP contribution in [0.15, 0.2) is 24.4 Å². The molecule has 2 heterocycles. The summed E-state index contributed by atoms with van der Waals surface area (Å²) in [7, 11) is 1.58. The maximum atomic E-state index is 12.2. The zero-order valence-electron chi connectivity index (χ0n) is 12.2. The van der Waals surface area contributed by atoms with Gasteiger partial charge in [0.25, 0.3) is 5.91 Å². The van der Waals surface area contributed by atoms with Crippen LogP contribution in [0.4, 0.5) is 0 Å². The number of likely N-dealkylation sites (tertiary alicyclic amines) is 1. The first-order valence-electron chi connectivity index (χ1n) is 7.19. The highest BCUT2D eigenvalue weighted by atomic mass is 16.5. The summed E-state index contributed by atoms with van der Waals surface area (Å²) in [5.41, 5.74) is 0.472. The number of pyridine rings is 1. The van der Waals surface area contributed by atoms with Gasteiger partial charge < -0.3 is 15.0 Å². The molecule has 0 unspecified atom stereocenters. The molecule has 114 valence electrons. The van der Waals surface area contributed by atoms with Crippen molar-refractivity contribution < 1.29 is 14.3 Å². The van der Waals surface area contributed by atoms with Gasteiger partial charge in [-0.1, -0.05) is 6.07 Å². The summed E-state index contributed by atoms with van der Waals surface area (Å²) in [6, 6.07) is 5.46. The third kappa shape index (κ3) is 4.53. The SMILES string of the molecule is COCCC(=O)NC1CCN(C(=O)c2ccccn2)CC1. The van der Waals surface area contributed by atoms with Crippen LogP contribution in [-0.4, -0.2) is 54.5 Å². The number of methoxy groups -OCH3 is 1. The van der Waals surface area contributed by atoms with Crippen LogP contribution in [0.2, 0.25) is 0 Å². The van der Waals surface area contributed by atoms with Crippen molar-refractivity contribution in [2.24, 2.45) is 0 Å². The van der Waals surface area contributed by atoms with Crippen molar-refractivity contribution in [3.8, 4) is 0 Å².